The highest BCUT2D eigenvalue weighted by molar-refractivity contribution is 6.06. The minimum absolute atomic E-state index is 0.142. The molecular formula is C19H18F2N2O5. The van der Waals surface area contributed by atoms with Gasteiger partial charge in [0.1, 0.15) is 11.6 Å². The summed E-state index contributed by atoms with van der Waals surface area (Å²) >= 11 is 0. The Labute approximate surface area is 159 Å². The van der Waals surface area contributed by atoms with Crippen molar-refractivity contribution >= 4 is 17.3 Å². The van der Waals surface area contributed by atoms with E-state index in [0.717, 1.165) is 12.1 Å². The number of oxime groups is 1. The van der Waals surface area contributed by atoms with Crippen molar-refractivity contribution in [2.24, 2.45) is 5.16 Å². The Kier molecular flexibility index (Phi) is 5.62. The van der Waals surface area contributed by atoms with Crippen molar-refractivity contribution in [3.8, 4) is 17.2 Å². The molecule has 28 heavy (non-hydrogen) atoms. The lowest BCUT2D eigenvalue weighted by Crippen LogP contribution is -2.28. The zero-order valence-electron chi connectivity index (χ0n) is 15.4. The first-order valence-corrected chi connectivity index (χ1v) is 8.25. The Bertz CT molecular complexity index is 908. The van der Waals surface area contributed by atoms with Gasteiger partial charge < -0.3 is 24.4 Å². The highest BCUT2D eigenvalue weighted by atomic mass is 19.1. The van der Waals surface area contributed by atoms with Gasteiger partial charge in [0.15, 0.2) is 11.5 Å². The Morgan fingerprint density at radius 1 is 1.11 bits per heavy atom. The van der Waals surface area contributed by atoms with Gasteiger partial charge in [0.25, 0.3) is 5.91 Å². The van der Waals surface area contributed by atoms with Gasteiger partial charge in [-0.05, 0) is 24.3 Å². The molecule has 0 spiro atoms. The molecule has 1 N–H and O–H groups in total. The van der Waals surface area contributed by atoms with Crippen LogP contribution in [0.4, 0.5) is 14.5 Å². The summed E-state index contributed by atoms with van der Waals surface area (Å²) in [4.78, 5) is 17.5. The van der Waals surface area contributed by atoms with E-state index < -0.39 is 23.6 Å². The molecule has 3 rings (SSSR count). The van der Waals surface area contributed by atoms with E-state index >= 15 is 0 Å². The van der Waals surface area contributed by atoms with Crippen LogP contribution >= 0.6 is 0 Å². The van der Waals surface area contributed by atoms with Crippen LogP contribution in [0, 0.1) is 11.6 Å². The fourth-order valence-electron chi connectivity index (χ4n) is 2.74. The highest BCUT2D eigenvalue weighted by Crippen LogP contribution is 2.39. The number of hydrogen-bond acceptors (Lipinski definition) is 6. The van der Waals surface area contributed by atoms with Crippen LogP contribution in [-0.2, 0) is 9.63 Å². The molecule has 0 unspecified atom stereocenters. The summed E-state index contributed by atoms with van der Waals surface area (Å²) in [5.41, 5.74) is 0.966. The van der Waals surface area contributed by atoms with Crippen LogP contribution in [0.3, 0.4) is 0 Å². The third-order valence-electron chi connectivity index (χ3n) is 4.15. The minimum atomic E-state index is -0.960. The summed E-state index contributed by atoms with van der Waals surface area (Å²) in [6.07, 6.45) is -0.814. The van der Waals surface area contributed by atoms with Crippen LogP contribution in [0.2, 0.25) is 0 Å². The first kappa shape index (κ1) is 19.4. The van der Waals surface area contributed by atoms with Crippen molar-refractivity contribution in [3.05, 3.63) is 47.5 Å². The van der Waals surface area contributed by atoms with E-state index in [1.54, 1.807) is 12.1 Å². The molecule has 9 heteroatoms. The molecule has 1 amide bonds. The zero-order valence-corrected chi connectivity index (χ0v) is 15.4. The molecule has 1 aliphatic rings. The van der Waals surface area contributed by atoms with Gasteiger partial charge in [0.05, 0.1) is 32.7 Å². The lowest BCUT2D eigenvalue weighted by Gasteiger charge is -2.14. The number of benzene rings is 2. The lowest BCUT2D eigenvalue weighted by atomic mass is 10.0. The molecule has 0 aromatic heterocycles. The summed E-state index contributed by atoms with van der Waals surface area (Å²) in [7, 11) is 4.47. The van der Waals surface area contributed by atoms with Gasteiger partial charge in [0.2, 0.25) is 11.9 Å². The van der Waals surface area contributed by atoms with Crippen molar-refractivity contribution < 1.29 is 32.6 Å². The number of methoxy groups -OCH3 is 3. The van der Waals surface area contributed by atoms with Crippen molar-refractivity contribution in [2.75, 3.05) is 26.6 Å². The number of nitrogens with one attached hydrogen (secondary N) is 1. The molecule has 1 heterocycles. The van der Waals surface area contributed by atoms with Gasteiger partial charge in [-0.15, -0.1) is 0 Å². The second kappa shape index (κ2) is 8.12. The predicted octanol–water partition coefficient (Wildman–Crippen LogP) is 3.12. The number of hydrogen-bond donors (Lipinski definition) is 1. The van der Waals surface area contributed by atoms with Gasteiger partial charge in [-0.2, -0.15) is 0 Å². The Morgan fingerprint density at radius 2 is 1.79 bits per heavy atom. The number of amides is 1. The smallest absolute Gasteiger partial charge is 0.268 e. The molecule has 1 aliphatic heterocycles. The molecule has 0 radical (unpaired) electrons. The fraction of sp³-hybridized carbons (Fsp3) is 0.263. The molecule has 0 aliphatic carbocycles. The van der Waals surface area contributed by atoms with Crippen molar-refractivity contribution in [2.45, 2.75) is 12.5 Å². The van der Waals surface area contributed by atoms with Gasteiger partial charge in [-0.25, -0.2) is 8.78 Å². The molecule has 7 nitrogen and oxygen atoms in total. The van der Waals surface area contributed by atoms with E-state index in [9.17, 15) is 13.6 Å². The molecule has 0 bridgehead atoms. The Hall–Kier alpha value is -3.36. The maximum atomic E-state index is 13.7. The molecule has 0 saturated carbocycles. The maximum Gasteiger partial charge on any atom is 0.268 e. The second-order valence-electron chi connectivity index (χ2n) is 5.86. The Balaban J connectivity index is 1.75. The van der Waals surface area contributed by atoms with Crippen LogP contribution in [-0.4, -0.2) is 39.1 Å². The van der Waals surface area contributed by atoms with Gasteiger partial charge in [0, 0.05) is 18.1 Å². The monoisotopic (exact) mass is 392 g/mol. The number of rotatable bonds is 6. The number of ether oxygens (including phenoxy) is 3. The van der Waals surface area contributed by atoms with Crippen molar-refractivity contribution in [3.63, 3.8) is 0 Å². The van der Waals surface area contributed by atoms with E-state index in [2.05, 4.69) is 10.5 Å². The van der Waals surface area contributed by atoms with Crippen molar-refractivity contribution in [1.82, 2.24) is 0 Å². The zero-order chi connectivity index (χ0) is 20.3. The van der Waals surface area contributed by atoms with E-state index in [1.165, 1.54) is 21.3 Å². The standard InChI is InChI=1S/C19H18F2N2O5/c1-25-15-6-10(7-16(26-2)18(15)27-3)14-9-17(28-23-14)19(24)22-13-5-4-11(20)8-12(13)21/h4-8,17H,9H2,1-3H3,(H,22,24)/t17-/m0/s1. The summed E-state index contributed by atoms with van der Waals surface area (Å²) in [5, 5.41) is 6.31. The summed E-state index contributed by atoms with van der Waals surface area (Å²) in [5.74, 6) is -0.925. The minimum Gasteiger partial charge on any atom is -0.493 e. The number of anilines is 1. The van der Waals surface area contributed by atoms with Gasteiger partial charge in [-0.3, -0.25) is 4.79 Å². The van der Waals surface area contributed by atoms with Crippen molar-refractivity contribution in [1.29, 1.82) is 0 Å². The maximum absolute atomic E-state index is 13.7. The number of halogens is 2. The topological polar surface area (TPSA) is 78.4 Å². The Morgan fingerprint density at radius 3 is 2.36 bits per heavy atom. The molecule has 0 saturated heterocycles. The number of carbonyl (C=O) groups excluding carboxylic acids is 1. The van der Waals surface area contributed by atoms with Gasteiger partial charge >= 0.3 is 0 Å². The average molecular weight is 392 g/mol. The normalized spacial score (nSPS) is 15.5. The summed E-state index contributed by atoms with van der Waals surface area (Å²) in [6.45, 7) is 0. The quantitative estimate of drug-likeness (QED) is 0.817. The molecular weight excluding hydrogens is 374 g/mol. The summed E-state index contributed by atoms with van der Waals surface area (Å²) < 4.78 is 42.6. The first-order valence-electron chi connectivity index (χ1n) is 8.25. The number of nitrogens with zero attached hydrogens (tertiary/aromatic N) is 1. The van der Waals surface area contributed by atoms with E-state index in [4.69, 9.17) is 19.0 Å². The third kappa shape index (κ3) is 3.83. The number of carbonyl (C=O) groups is 1. The molecule has 0 fully saturated rings. The SMILES string of the molecule is COc1cc(C2=NO[C@H](C(=O)Nc3ccc(F)cc3F)C2)cc(OC)c1OC. The van der Waals surface area contributed by atoms with Crippen LogP contribution in [0.5, 0.6) is 17.2 Å². The second-order valence-corrected chi connectivity index (χ2v) is 5.86. The highest BCUT2D eigenvalue weighted by Gasteiger charge is 2.30. The van der Waals surface area contributed by atoms with Gasteiger partial charge in [-0.1, -0.05) is 5.16 Å². The van der Waals surface area contributed by atoms with Crippen LogP contribution < -0.4 is 19.5 Å². The van der Waals surface area contributed by atoms with Crippen LogP contribution in [0.15, 0.2) is 35.5 Å². The molecule has 2 aromatic rings. The largest absolute Gasteiger partial charge is 0.493 e. The van der Waals surface area contributed by atoms with Crippen LogP contribution in [0.25, 0.3) is 0 Å². The molecule has 2 aromatic carbocycles. The van der Waals surface area contributed by atoms with E-state index in [-0.39, 0.29) is 12.1 Å². The predicted molar refractivity (Wildman–Crippen MR) is 97.1 cm³/mol. The lowest BCUT2D eigenvalue weighted by molar-refractivity contribution is -0.125. The van der Waals surface area contributed by atoms with E-state index in [0.29, 0.717) is 34.6 Å². The summed E-state index contributed by atoms with van der Waals surface area (Å²) in [6, 6.07) is 6.24. The molecule has 1 atom stereocenters. The first-order chi connectivity index (χ1) is 13.5. The fourth-order valence-corrected chi connectivity index (χ4v) is 2.74. The van der Waals surface area contributed by atoms with E-state index in [1.807, 2.05) is 0 Å². The molecule has 148 valence electrons. The third-order valence-corrected chi connectivity index (χ3v) is 4.15. The average Bonchev–Trinajstić information content (AvgIpc) is 3.19. The van der Waals surface area contributed by atoms with Crippen LogP contribution in [0.1, 0.15) is 12.0 Å².